The normalized spacial score (nSPS) is 20.9. The first-order chi connectivity index (χ1) is 9.17. The summed E-state index contributed by atoms with van der Waals surface area (Å²) in [6, 6.07) is 5.64. The van der Waals surface area contributed by atoms with Crippen molar-refractivity contribution in [3.8, 4) is 5.75 Å². The van der Waals surface area contributed by atoms with Crippen LogP contribution >= 0.6 is 15.9 Å². The molecule has 104 valence electrons. The van der Waals surface area contributed by atoms with Gasteiger partial charge in [0.15, 0.2) is 0 Å². The molecule has 2 aliphatic carbocycles. The highest BCUT2D eigenvalue weighted by molar-refractivity contribution is 9.10. The lowest BCUT2D eigenvalue weighted by atomic mass is 9.77. The summed E-state index contributed by atoms with van der Waals surface area (Å²) in [5.74, 6) is 0.518. The molecule has 2 nitrogen and oxygen atoms in total. The largest absolute Gasteiger partial charge is 0.487 e. The third-order valence-electron chi connectivity index (χ3n) is 4.08. The van der Waals surface area contributed by atoms with Crippen LogP contribution in [0.3, 0.4) is 0 Å². The van der Waals surface area contributed by atoms with Crippen LogP contribution in [-0.4, -0.2) is 18.2 Å². The quantitative estimate of drug-likeness (QED) is 0.851. The van der Waals surface area contributed by atoms with E-state index in [2.05, 4.69) is 21.2 Å². The van der Waals surface area contributed by atoms with E-state index in [9.17, 15) is 4.39 Å². The van der Waals surface area contributed by atoms with Gasteiger partial charge in [-0.25, -0.2) is 4.39 Å². The summed E-state index contributed by atoms with van der Waals surface area (Å²) in [5, 5.41) is 3.54. The predicted octanol–water partition coefficient (Wildman–Crippen LogP) is 4.03. The van der Waals surface area contributed by atoms with Gasteiger partial charge in [0.2, 0.25) is 0 Å². The Kier molecular flexibility index (Phi) is 3.81. The number of hydrogen-bond donors (Lipinski definition) is 1. The van der Waals surface area contributed by atoms with Crippen LogP contribution in [0, 0.1) is 5.82 Å². The van der Waals surface area contributed by atoms with E-state index in [1.807, 2.05) is 0 Å². The molecule has 1 N–H and O–H groups in total. The van der Waals surface area contributed by atoms with Crippen molar-refractivity contribution in [1.29, 1.82) is 0 Å². The second-order valence-corrected chi connectivity index (χ2v) is 6.55. The highest BCUT2D eigenvalue weighted by Crippen LogP contribution is 2.40. The molecule has 1 aromatic carbocycles. The Morgan fingerprint density at radius 2 is 2.16 bits per heavy atom. The van der Waals surface area contributed by atoms with Crippen LogP contribution in [-0.2, 0) is 0 Å². The number of nitrogens with one attached hydrogen (secondary N) is 1. The van der Waals surface area contributed by atoms with Gasteiger partial charge in [-0.1, -0.05) is 0 Å². The van der Waals surface area contributed by atoms with Gasteiger partial charge in [0.1, 0.15) is 17.2 Å². The Bertz CT molecular complexity index is 457. The van der Waals surface area contributed by atoms with Crippen molar-refractivity contribution in [2.45, 2.75) is 50.2 Å². The van der Waals surface area contributed by atoms with E-state index in [0.29, 0.717) is 4.47 Å². The molecule has 0 unspecified atom stereocenters. The maximum atomic E-state index is 13.2. The Hall–Kier alpha value is -0.610. The average Bonchev–Trinajstić information content (AvgIpc) is 3.14. The molecule has 0 atom stereocenters. The van der Waals surface area contributed by atoms with Gasteiger partial charge in [0.25, 0.3) is 0 Å². The second kappa shape index (κ2) is 5.41. The Balaban J connectivity index is 1.59. The maximum Gasteiger partial charge on any atom is 0.137 e. The van der Waals surface area contributed by atoms with E-state index in [1.165, 1.54) is 25.3 Å². The molecule has 0 aromatic heterocycles. The Labute approximate surface area is 121 Å². The third-order valence-corrected chi connectivity index (χ3v) is 4.69. The van der Waals surface area contributed by atoms with Crippen LogP contribution in [0.4, 0.5) is 4.39 Å². The SMILES string of the molecule is Fc1ccc(OC2(CCNC3CC3)CCC2)cc1Br. The van der Waals surface area contributed by atoms with Crippen molar-refractivity contribution in [3.05, 3.63) is 28.5 Å². The molecule has 2 fully saturated rings. The summed E-state index contributed by atoms with van der Waals surface area (Å²) in [5.41, 5.74) is -0.0286. The maximum absolute atomic E-state index is 13.2. The first-order valence-electron chi connectivity index (χ1n) is 7.04. The monoisotopic (exact) mass is 327 g/mol. The summed E-state index contributed by atoms with van der Waals surface area (Å²) in [6.07, 6.45) is 7.12. The minimum absolute atomic E-state index is 0.0286. The number of benzene rings is 1. The molecule has 3 rings (SSSR count). The molecular formula is C15H19BrFNO. The van der Waals surface area contributed by atoms with Crippen molar-refractivity contribution in [1.82, 2.24) is 5.32 Å². The lowest BCUT2D eigenvalue weighted by molar-refractivity contribution is -0.0144. The van der Waals surface area contributed by atoms with Crippen molar-refractivity contribution in [2.75, 3.05) is 6.54 Å². The standard InChI is InChI=1S/C15H19BrFNO/c16-13-10-12(4-5-14(13)17)19-15(6-1-7-15)8-9-18-11-2-3-11/h4-5,10-11,18H,1-3,6-9H2. The summed E-state index contributed by atoms with van der Waals surface area (Å²) < 4.78 is 19.8. The van der Waals surface area contributed by atoms with Gasteiger partial charge < -0.3 is 10.1 Å². The van der Waals surface area contributed by atoms with E-state index in [-0.39, 0.29) is 11.4 Å². The summed E-state index contributed by atoms with van der Waals surface area (Å²) in [6.45, 7) is 1.02. The highest BCUT2D eigenvalue weighted by atomic mass is 79.9. The van der Waals surface area contributed by atoms with E-state index < -0.39 is 0 Å². The summed E-state index contributed by atoms with van der Waals surface area (Å²) in [4.78, 5) is 0. The summed E-state index contributed by atoms with van der Waals surface area (Å²) >= 11 is 3.21. The van der Waals surface area contributed by atoms with Gasteiger partial charge in [0.05, 0.1) is 4.47 Å². The molecule has 0 heterocycles. The van der Waals surface area contributed by atoms with Crippen molar-refractivity contribution >= 4 is 15.9 Å². The van der Waals surface area contributed by atoms with Gasteiger partial charge in [0, 0.05) is 6.04 Å². The van der Waals surface area contributed by atoms with E-state index >= 15 is 0 Å². The molecule has 0 aliphatic heterocycles. The highest BCUT2D eigenvalue weighted by Gasteiger charge is 2.39. The number of halogens is 2. The van der Waals surface area contributed by atoms with Crippen LogP contribution in [0.2, 0.25) is 0 Å². The Morgan fingerprint density at radius 1 is 1.37 bits per heavy atom. The van der Waals surface area contributed by atoms with Crippen molar-refractivity contribution in [2.24, 2.45) is 0 Å². The lowest BCUT2D eigenvalue weighted by Gasteiger charge is -2.42. The average molecular weight is 328 g/mol. The van der Waals surface area contributed by atoms with Crippen LogP contribution < -0.4 is 10.1 Å². The molecule has 0 radical (unpaired) electrons. The predicted molar refractivity (Wildman–Crippen MR) is 77.0 cm³/mol. The fraction of sp³-hybridized carbons (Fsp3) is 0.600. The molecule has 0 bridgehead atoms. The van der Waals surface area contributed by atoms with E-state index in [4.69, 9.17) is 4.74 Å². The smallest absolute Gasteiger partial charge is 0.137 e. The van der Waals surface area contributed by atoms with Gasteiger partial charge >= 0.3 is 0 Å². The minimum atomic E-state index is -0.245. The lowest BCUT2D eigenvalue weighted by Crippen LogP contribution is -2.45. The van der Waals surface area contributed by atoms with Crippen LogP contribution in [0.25, 0.3) is 0 Å². The number of ether oxygens (including phenoxy) is 1. The van der Waals surface area contributed by atoms with Crippen LogP contribution in [0.1, 0.15) is 38.5 Å². The fourth-order valence-corrected chi connectivity index (χ4v) is 2.91. The molecule has 2 aliphatic rings. The molecule has 4 heteroatoms. The van der Waals surface area contributed by atoms with Crippen LogP contribution in [0.15, 0.2) is 22.7 Å². The zero-order valence-electron chi connectivity index (χ0n) is 10.9. The minimum Gasteiger partial charge on any atom is -0.487 e. The van der Waals surface area contributed by atoms with E-state index in [0.717, 1.165) is 37.6 Å². The molecule has 2 saturated carbocycles. The third kappa shape index (κ3) is 3.29. The first kappa shape index (κ1) is 13.4. The van der Waals surface area contributed by atoms with Gasteiger partial charge in [-0.05, 0) is 79.2 Å². The van der Waals surface area contributed by atoms with Crippen LogP contribution in [0.5, 0.6) is 5.75 Å². The van der Waals surface area contributed by atoms with Crippen molar-refractivity contribution < 1.29 is 9.13 Å². The summed E-state index contributed by atoms with van der Waals surface area (Å²) in [7, 11) is 0. The van der Waals surface area contributed by atoms with Gasteiger partial charge in [-0.15, -0.1) is 0 Å². The van der Waals surface area contributed by atoms with Crippen molar-refractivity contribution in [3.63, 3.8) is 0 Å². The zero-order chi connectivity index (χ0) is 13.3. The molecular weight excluding hydrogens is 309 g/mol. The zero-order valence-corrected chi connectivity index (χ0v) is 12.5. The first-order valence-corrected chi connectivity index (χ1v) is 7.84. The van der Waals surface area contributed by atoms with Gasteiger partial charge in [-0.2, -0.15) is 0 Å². The molecule has 0 saturated heterocycles. The molecule has 1 aromatic rings. The van der Waals surface area contributed by atoms with Gasteiger partial charge in [-0.3, -0.25) is 0 Å². The topological polar surface area (TPSA) is 21.3 Å². The van der Waals surface area contributed by atoms with E-state index in [1.54, 1.807) is 12.1 Å². The second-order valence-electron chi connectivity index (χ2n) is 5.69. The number of rotatable bonds is 6. The molecule has 0 spiro atoms. The molecule has 0 amide bonds. The molecule has 19 heavy (non-hydrogen) atoms. The Morgan fingerprint density at radius 3 is 2.74 bits per heavy atom. The number of hydrogen-bond acceptors (Lipinski definition) is 2. The fourth-order valence-electron chi connectivity index (χ4n) is 2.56.